The van der Waals surface area contributed by atoms with Gasteiger partial charge >= 0.3 is 6.09 Å². The first-order valence-electron chi connectivity index (χ1n) is 16.5. The summed E-state index contributed by atoms with van der Waals surface area (Å²) in [6.07, 6.45) is 5.09. The summed E-state index contributed by atoms with van der Waals surface area (Å²) in [5.74, 6) is 0.757. The van der Waals surface area contributed by atoms with Crippen molar-refractivity contribution in [2.24, 2.45) is 5.92 Å². The molecule has 2 aliphatic rings. The molecule has 11 nitrogen and oxygen atoms in total. The molecule has 0 spiro atoms. The van der Waals surface area contributed by atoms with Crippen molar-refractivity contribution in [1.82, 2.24) is 10.2 Å². The van der Waals surface area contributed by atoms with Crippen LogP contribution < -0.4 is 5.32 Å². The molecule has 1 fully saturated rings. The third-order valence-electron chi connectivity index (χ3n) is 8.13. The van der Waals surface area contributed by atoms with Crippen LogP contribution in [0.3, 0.4) is 0 Å². The second kappa shape index (κ2) is 18.4. The van der Waals surface area contributed by atoms with Crippen molar-refractivity contribution in [1.29, 1.82) is 0 Å². The Labute approximate surface area is 290 Å². The van der Waals surface area contributed by atoms with Gasteiger partial charge in [-0.05, 0) is 64.3 Å². The Morgan fingerprint density at radius 3 is 2.39 bits per heavy atom. The van der Waals surface area contributed by atoms with Crippen LogP contribution in [0.5, 0.6) is 0 Å². The number of carbonyl (C=O) groups excluding carboxylic acids is 3. The molecule has 1 aromatic carbocycles. The molecule has 3 rings (SSSR count). The van der Waals surface area contributed by atoms with Crippen molar-refractivity contribution in [3.05, 3.63) is 94.7 Å². The molecule has 1 N–H and O–H groups in total. The van der Waals surface area contributed by atoms with Crippen LogP contribution in [0.2, 0.25) is 0 Å². The van der Waals surface area contributed by atoms with Crippen molar-refractivity contribution in [2.75, 3.05) is 40.6 Å². The Morgan fingerprint density at radius 1 is 1.10 bits per heavy atom. The van der Waals surface area contributed by atoms with Gasteiger partial charge < -0.3 is 43.4 Å². The highest BCUT2D eigenvalue weighted by atomic mass is 16.6. The van der Waals surface area contributed by atoms with E-state index in [0.717, 1.165) is 16.7 Å². The smallest absolute Gasteiger partial charge is 0.408 e. The number of carbonyl (C=O) groups is 3. The number of alkyl carbamates (subject to hydrolysis) is 1. The zero-order valence-corrected chi connectivity index (χ0v) is 30.1. The van der Waals surface area contributed by atoms with E-state index >= 15 is 0 Å². The van der Waals surface area contributed by atoms with Gasteiger partial charge in [-0.15, -0.1) is 0 Å². The van der Waals surface area contributed by atoms with E-state index in [1.54, 1.807) is 47.1 Å². The largest absolute Gasteiger partial charge is 0.498 e. The van der Waals surface area contributed by atoms with E-state index in [9.17, 15) is 14.4 Å². The van der Waals surface area contributed by atoms with Gasteiger partial charge in [0, 0.05) is 13.0 Å². The predicted octanol–water partition coefficient (Wildman–Crippen LogP) is 5.78. The van der Waals surface area contributed by atoms with E-state index in [-0.39, 0.29) is 38.2 Å². The molecule has 0 bridgehead atoms. The Morgan fingerprint density at radius 2 is 1.80 bits per heavy atom. The summed E-state index contributed by atoms with van der Waals surface area (Å²) < 4.78 is 34.5. The molecule has 1 heterocycles. The summed E-state index contributed by atoms with van der Waals surface area (Å²) in [7, 11) is 3.17. The van der Waals surface area contributed by atoms with Gasteiger partial charge in [0.2, 0.25) is 5.91 Å². The van der Waals surface area contributed by atoms with E-state index in [1.165, 1.54) is 4.90 Å². The number of nitrogens with zero attached hydrogens (tertiary/aromatic N) is 1. The first-order valence-corrected chi connectivity index (χ1v) is 16.5. The molecule has 268 valence electrons. The molecule has 49 heavy (non-hydrogen) atoms. The lowest BCUT2D eigenvalue weighted by Gasteiger charge is -2.36. The first-order chi connectivity index (χ1) is 23.3. The van der Waals surface area contributed by atoms with Gasteiger partial charge in [-0.2, -0.15) is 0 Å². The van der Waals surface area contributed by atoms with Gasteiger partial charge in [-0.1, -0.05) is 61.1 Å². The minimum atomic E-state index is -1.11. The monoisotopic (exact) mass is 680 g/mol. The molecular weight excluding hydrogens is 628 g/mol. The average molecular weight is 681 g/mol. The van der Waals surface area contributed by atoms with Gasteiger partial charge in [-0.3, -0.25) is 4.79 Å². The summed E-state index contributed by atoms with van der Waals surface area (Å²) in [5, 5.41) is 2.80. The summed E-state index contributed by atoms with van der Waals surface area (Å²) in [6, 6.07) is 7.79. The van der Waals surface area contributed by atoms with Crippen LogP contribution in [0.15, 0.2) is 89.1 Å². The fraction of sp³-hybridized carbons (Fsp3) is 0.500. The van der Waals surface area contributed by atoms with Crippen LogP contribution in [-0.4, -0.2) is 87.6 Å². The number of rotatable bonds is 15. The molecule has 11 heteroatoms. The standard InChI is InChI=1S/C38H52N2O9/c1-25(2)30(22-34-27(4)47-19-20-48-34)32(24-46-23-28-13-11-10-12-14-28)40(17-18-41)36(42)31(39-37(43)49-38(5,6)7)21-29-15-16-33(44-8)35(45-9)26(29)3/h10-16,18,22,26,31-32,35H,4,17,19-21,23-24H2,1-3,5-9H3,(H,39,43). The summed E-state index contributed by atoms with van der Waals surface area (Å²) in [4.78, 5) is 41.7. The van der Waals surface area contributed by atoms with Crippen LogP contribution >= 0.6 is 0 Å². The summed E-state index contributed by atoms with van der Waals surface area (Å²) in [6.45, 7) is 15.7. The normalized spacial score (nSPS) is 19.7. The highest BCUT2D eigenvalue weighted by molar-refractivity contribution is 5.88. The maximum absolute atomic E-state index is 14.8. The zero-order chi connectivity index (χ0) is 36.1. The van der Waals surface area contributed by atoms with Gasteiger partial charge in [0.15, 0.2) is 11.5 Å². The highest BCUT2D eigenvalue weighted by Crippen LogP contribution is 2.32. The molecule has 0 radical (unpaired) electrons. The Bertz CT molecular complexity index is 1430. The molecule has 2 amide bonds. The van der Waals surface area contributed by atoms with Crippen molar-refractivity contribution >= 4 is 18.3 Å². The Hall–Kier alpha value is -4.35. The maximum atomic E-state index is 14.8. The fourth-order valence-electron chi connectivity index (χ4n) is 5.69. The number of benzene rings is 1. The second-order valence-electron chi connectivity index (χ2n) is 13.1. The molecule has 0 aromatic heterocycles. The zero-order valence-electron chi connectivity index (χ0n) is 30.1. The molecule has 4 unspecified atom stereocenters. The average Bonchev–Trinajstić information content (AvgIpc) is 3.05. The molecule has 1 aromatic rings. The van der Waals surface area contributed by atoms with Gasteiger partial charge in [0.1, 0.15) is 43.0 Å². The topological polar surface area (TPSA) is 122 Å². The molecular formula is C38H52N2O9. The van der Waals surface area contributed by atoms with Crippen molar-refractivity contribution in [3.8, 4) is 0 Å². The first kappa shape index (κ1) is 39.1. The lowest BCUT2D eigenvalue weighted by Crippen LogP contribution is -2.55. The Kier molecular flexibility index (Phi) is 14.7. The number of ether oxygens (including phenoxy) is 6. The number of amides is 2. The number of nitrogens with one attached hydrogen (secondary N) is 1. The molecule has 0 saturated carbocycles. The number of methoxy groups -OCH3 is 2. The Balaban J connectivity index is 2.08. The molecule has 1 saturated heterocycles. The molecule has 1 aliphatic heterocycles. The SMILES string of the molecule is C=C1OCCOC1=CC(=C(C)C)C(COCc1ccccc1)N(CC=O)C(=O)C(CC1=CC=C(OC)C(OC)C1C)NC(=O)OC(C)(C)C. The minimum Gasteiger partial charge on any atom is -0.498 e. The van der Waals surface area contributed by atoms with Crippen molar-refractivity contribution < 1.29 is 42.8 Å². The van der Waals surface area contributed by atoms with Gasteiger partial charge in [-0.25, -0.2) is 4.79 Å². The molecule has 1 aliphatic carbocycles. The predicted molar refractivity (Wildman–Crippen MR) is 186 cm³/mol. The number of allylic oxidation sites excluding steroid dienone is 3. The molecule has 4 atom stereocenters. The third-order valence-corrected chi connectivity index (χ3v) is 8.13. The number of hydrogen-bond acceptors (Lipinski definition) is 9. The second-order valence-corrected chi connectivity index (χ2v) is 13.1. The third kappa shape index (κ3) is 11.4. The van der Waals surface area contributed by atoms with Gasteiger partial charge in [0.25, 0.3) is 0 Å². The lowest BCUT2D eigenvalue weighted by atomic mass is 9.85. The van der Waals surface area contributed by atoms with E-state index in [0.29, 0.717) is 42.4 Å². The van der Waals surface area contributed by atoms with E-state index in [2.05, 4.69) is 11.9 Å². The van der Waals surface area contributed by atoms with Crippen molar-refractivity contribution in [2.45, 2.75) is 78.4 Å². The van der Waals surface area contributed by atoms with E-state index in [4.69, 9.17) is 28.4 Å². The van der Waals surface area contributed by atoms with E-state index in [1.807, 2.05) is 57.2 Å². The van der Waals surface area contributed by atoms with Crippen LogP contribution in [0.4, 0.5) is 4.79 Å². The van der Waals surface area contributed by atoms with Crippen LogP contribution in [0, 0.1) is 5.92 Å². The summed E-state index contributed by atoms with van der Waals surface area (Å²) >= 11 is 0. The maximum Gasteiger partial charge on any atom is 0.408 e. The number of hydrogen-bond donors (Lipinski definition) is 1. The number of aldehydes is 1. The van der Waals surface area contributed by atoms with E-state index < -0.39 is 29.7 Å². The lowest BCUT2D eigenvalue weighted by molar-refractivity contribution is -0.138. The van der Waals surface area contributed by atoms with Crippen molar-refractivity contribution in [3.63, 3.8) is 0 Å². The fourth-order valence-corrected chi connectivity index (χ4v) is 5.69. The van der Waals surface area contributed by atoms with Crippen LogP contribution in [-0.2, 0) is 44.6 Å². The quantitative estimate of drug-likeness (QED) is 0.230. The minimum absolute atomic E-state index is 0.0377. The summed E-state index contributed by atoms with van der Waals surface area (Å²) in [5.41, 5.74) is 2.51. The highest BCUT2D eigenvalue weighted by Gasteiger charge is 2.37. The van der Waals surface area contributed by atoms with Crippen LogP contribution in [0.25, 0.3) is 0 Å². The van der Waals surface area contributed by atoms with Gasteiger partial charge in [0.05, 0.1) is 32.9 Å². The van der Waals surface area contributed by atoms with Crippen LogP contribution in [0.1, 0.15) is 53.5 Å².